The normalized spacial score (nSPS) is 25.7. The van der Waals surface area contributed by atoms with E-state index >= 15 is 0 Å². The first-order valence-corrected chi connectivity index (χ1v) is 9.08. The zero-order valence-electron chi connectivity index (χ0n) is 13.1. The molecule has 2 fully saturated rings. The van der Waals surface area contributed by atoms with Gasteiger partial charge in [-0.05, 0) is 24.7 Å². The molecule has 0 radical (unpaired) electrons. The van der Waals surface area contributed by atoms with Crippen LogP contribution in [0.1, 0.15) is 29.8 Å². The van der Waals surface area contributed by atoms with E-state index in [1.807, 2.05) is 30.3 Å². The molecule has 124 valence electrons. The van der Waals surface area contributed by atoms with E-state index in [2.05, 4.69) is 4.98 Å². The van der Waals surface area contributed by atoms with Crippen LogP contribution in [-0.4, -0.2) is 39.5 Å². The lowest BCUT2D eigenvalue weighted by molar-refractivity contribution is -0.142. The maximum absolute atomic E-state index is 12.8. The Hall–Kier alpha value is -2.21. The van der Waals surface area contributed by atoms with Gasteiger partial charge in [0.05, 0.1) is 0 Å². The third-order valence-corrected chi connectivity index (χ3v) is 6.04. The van der Waals surface area contributed by atoms with Gasteiger partial charge in [-0.15, -0.1) is 11.3 Å². The molecule has 1 saturated carbocycles. The van der Waals surface area contributed by atoms with Gasteiger partial charge in [0.25, 0.3) is 5.91 Å². The molecule has 6 heteroatoms. The molecule has 5 nitrogen and oxygen atoms in total. The van der Waals surface area contributed by atoms with Gasteiger partial charge in [-0.2, -0.15) is 0 Å². The number of nitrogens with zero attached hydrogens (tertiary/aromatic N) is 2. The number of hydrogen-bond acceptors (Lipinski definition) is 4. The molecule has 2 heterocycles. The SMILES string of the molecule is O=C(O)C1C2CCCC2CN1C(=O)c1csc(-c2ccccc2)n1. The number of hydrogen-bond donors (Lipinski definition) is 1. The Balaban J connectivity index is 1.60. The van der Waals surface area contributed by atoms with E-state index in [1.165, 1.54) is 16.2 Å². The predicted molar refractivity (Wildman–Crippen MR) is 90.8 cm³/mol. The molecule has 1 saturated heterocycles. The van der Waals surface area contributed by atoms with Gasteiger partial charge in [0.1, 0.15) is 16.7 Å². The number of likely N-dealkylation sites (tertiary alicyclic amines) is 1. The van der Waals surface area contributed by atoms with Crippen LogP contribution in [0.2, 0.25) is 0 Å². The minimum Gasteiger partial charge on any atom is -0.480 e. The average molecular weight is 342 g/mol. The van der Waals surface area contributed by atoms with Crippen molar-refractivity contribution in [3.05, 3.63) is 41.4 Å². The molecule has 4 rings (SSSR count). The second kappa shape index (κ2) is 6.02. The van der Waals surface area contributed by atoms with Crippen molar-refractivity contribution in [2.24, 2.45) is 11.8 Å². The van der Waals surface area contributed by atoms with E-state index in [1.54, 1.807) is 5.38 Å². The molecule has 1 aromatic carbocycles. The van der Waals surface area contributed by atoms with Crippen LogP contribution in [0.3, 0.4) is 0 Å². The van der Waals surface area contributed by atoms with Crippen LogP contribution in [0.25, 0.3) is 10.6 Å². The van der Waals surface area contributed by atoms with Gasteiger partial charge < -0.3 is 10.0 Å². The Bertz CT molecular complexity index is 774. The van der Waals surface area contributed by atoms with Crippen LogP contribution < -0.4 is 0 Å². The predicted octanol–water partition coefficient (Wildman–Crippen LogP) is 3.14. The number of aliphatic carboxylic acids is 1. The number of fused-ring (bicyclic) bond motifs is 1. The Morgan fingerprint density at radius 2 is 2.00 bits per heavy atom. The number of amides is 1. The van der Waals surface area contributed by atoms with Crippen molar-refractivity contribution in [1.82, 2.24) is 9.88 Å². The van der Waals surface area contributed by atoms with Gasteiger partial charge in [0.2, 0.25) is 0 Å². The fourth-order valence-electron chi connectivity index (χ4n) is 4.06. The molecule has 1 N–H and O–H groups in total. The van der Waals surface area contributed by atoms with E-state index in [4.69, 9.17) is 0 Å². The van der Waals surface area contributed by atoms with Crippen molar-refractivity contribution in [2.75, 3.05) is 6.54 Å². The maximum Gasteiger partial charge on any atom is 0.326 e. The van der Waals surface area contributed by atoms with E-state index in [0.717, 1.165) is 29.8 Å². The van der Waals surface area contributed by atoms with E-state index in [-0.39, 0.29) is 11.8 Å². The summed E-state index contributed by atoms with van der Waals surface area (Å²) >= 11 is 1.41. The van der Waals surface area contributed by atoms with Crippen LogP contribution >= 0.6 is 11.3 Å². The first kappa shape index (κ1) is 15.3. The van der Waals surface area contributed by atoms with Crippen molar-refractivity contribution < 1.29 is 14.7 Å². The fourth-order valence-corrected chi connectivity index (χ4v) is 4.86. The Morgan fingerprint density at radius 1 is 1.21 bits per heavy atom. The molecule has 3 atom stereocenters. The molecule has 0 bridgehead atoms. The Labute approximate surface area is 143 Å². The molecule has 2 aromatic rings. The number of carbonyl (C=O) groups is 2. The molecule has 1 aromatic heterocycles. The van der Waals surface area contributed by atoms with Crippen LogP contribution in [0.15, 0.2) is 35.7 Å². The number of carboxylic acids is 1. The monoisotopic (exact) mass is 342 g/mol. The van der Waals surface area contributed by atoms with Gasteiger partial charge in [-0.1, -0.05) is 36.8 Å². The second-order valence-electron chi connectivity index (χ2n) is 6.50. The van der Waals surface area contributed by atoms with Crippen molar-refractivity contribution in [2.45, 2.75) is 25.3 Å². The highest BCUT2D eigenvalue weighted by Gasteiger charge is 2.49. The van der Waals surface area contributed by atoms with Gasteiger partial charge in [-0.25, -0.2) is 9.78 Å². The van der Waals surface area contributed by atoms with E-state index in [9.17, 15) is 14.7 Å². The zero-order chi connectivity index (χ0) is 16.7. The van der Waals surface area contributed by atoms with Gasteiger partial charge in [-0.3, -0.25) is 4.79 Å². The summed E-state index contributed by atoms with van der Waals surface area (Å²) in [5.74, 6) is -0.729. The standard InChI is InChI=1S/C18H18N2O3S/c21-17(14-10-24-16(19-14)11-5-2-1-3-6-11)20-9-12-7-4-8-13(12)15(20)18(22)23/h1-3,5-6,10,12-13,15H,4,7-9H2,(H,22,23). The van der Waals surface area contributed by atoms with E-state index in [0.29, 0.717) is 18.2 Å². The highest BCUT2D eigenvalue weighted by Crippen LogP contribution is 2.42. The lowest BCUT2D eigenvalue weighted by Crippen LogP contribution is -2.43. The number of aromatic nitrogens is 1. The summed E-state index contributed by atoms with van der Waals surface area (Å²) in [6.07, 6.45) is 2.98. The second-order valence-corrected chi connectivity index (χ2v) is 7.36. The lowest BCUT2D eigenvalue weighted by atomic mass is 9.94. The van der Waals surface area contributed by atoms with Crippen LogP contribution in [-0.2, 0) is 4.79 Å². The average Bonchev–Trinajstić information content (AvgIpc) is 3.29. The lowest BCUT2D eigenvalue weighted by Gasteiger charge is -2.23. The molecule has 2 aliphatic rings. The summed E-state index contributed by atoms with van der Waals surface area (Å²) < 4.78 is 0. The summed E-state index contributed by atoms with van der Waals surface area (Å²) in [5.41, 5.74) is 1.32. The minimum absolute atomic E-state index is 0.0960. The van der Waals surface area contributed by atoms with Crippen LogP contribution in [0.4, 0.5) is 0 Å². The Kier molecular flexibility index (Phi) is 3.84. The number of thiazole rings is 1. The van der Waals surface area contributed by atoms with Crippen LogP contribution in [0.5, 0.6) is 0 Å². The molecule has 1 amide bonds. The van der Waals surface area contributed by atoms with Gasteiger partial charge in [0, 0.05) is 17.5 Å². The van der Waals surface area contributed by atoms with Crippen molar-refractivity contribution in [1.29, 1.82) is 0 Å². The summed E-state index contributed by atoms with van der Waals surface area (Å²) in [6, 6.07) is 9.00. The third-order valence-electron chi connectivity index (χ3n) is 5.15. The maximum atomic E-state index is 12.8. The number of carboxylic acid groups (broad SMARTS) is 1. The van der Waals surface area contributed by atoms with Crippen molar-refractivity contribution in [3.8, 4) is 10.6 Å². The first-order valence-electron chi connectivity index (χ1n) is 8.20. The molecular formula is C18H18N2O3S. The highest BCUT2D eigenvalue weighted by atomic mass is 32.1. The van der Waals surface area contributed by atoms with Crippen molar-refractivity contribution in [3.63, 3.8) is 0 Å². The summed E-state index contributed by atoms with van der Waals surface area (Å²) in [4.78, 5) is 30.5. The van der Waals surface area contributed by atoms with Gasteiger partial charge in [0.15, 0.2) is 0 Å². The first-order chi connectivity index (χ1) is 11.6. The fraction of sp³-hybridized carbons (Fsp3) is 0.389. The topological polar surface area (TPSA) is 70.5 Å². The van der Waals surface area contributed by atoms with E-state index < -0.39 is 12.0 Å². The molecule has 0 spiro atoms. The minimum atomic E-state index is -0.892. The van der Waals surface area contributed by atoms with Crippen LogP contribution in [0, 0.1) is 11.8 Å². The molecule has 24 heavy (non-hydrogen) atoms. The highest BCUT2D eigenvalue weighted by molar-refractivity contribution is 7.13. The quantitative estimate of drug-likeness (QED) is 0.930. The third kappa shape index (κ3) is 2.51. The summed E-state index contributed by atoms with van der Waals surface area (Å²) in [6.45, 7) is 0.540. The molecule has 1 aliphatic heterocycles. The number of carbonyl (C=O) groups excluding carboxylic acids is 1. The molecule has 1 aliphatic carbocycles. The summed E-state index contributed by atoms with van der Waals surface area (Å²) in [5, 5.41) is 12.1. The summed E-state index contributed by atoms with van der Waals surface area (Å²) in [7, 11) is 0. The smallest absolute Gasteiger partial charge is 0.326 e. The number of benzene rings is 1. The van der Waals surface area contributed by atoms with Crippen molar-refractivity contribution >= 4 is 23.2 Å². The number of rotatable bonds is 3. The molecular weight excluding hydrogens is 324 g/mol. The Morgan fingerprint density at radius 3 is 2.75 bits per heavy atom. The van der Waals surface area contributed by atoms with Gasteiger partial charge >= 0.3 is 5.97 Å². The largest absolute Gasteiger partial charge is 0.480 e. The zero-order valence-corrected chi connectivity index (χ0v) is 13.9. The molecule has 3 unspecified atom stereocenters.